The summed E-state index contributed by atoms with van der Waals surface area (Å²) in [7, 11) is -1.30. The first-order chi connectivity index (χ1) is 21.6. The van der Waals surface area contributed by atoms with Gasteiger partial charge in [-0.1, -0.05) is 73.7 Å². The van der Waals surface area contributed by atoms with Crippen LogP contribution in [0.4, 0.5) is 5.69 Å². The Morgan fingerprint density at radius 2 is 1.62 bits per heavy atom. The number of carbonyl (C=O) groups excluding carboxylic acids is 2. The molecule has 4 rings (SSSR count). The Balaban J connectivity index is 1.76. The van der Waals surface area contributed by atoms with Crippen LogP contribution in [0.1, 0.15) is 56.6 Å². The number of halogens is 1. The average molecular weight is 656 g/mol. The number of hydrogen-bond donors (Lipinski definition) is 1. The third kappa shape index (κ3) is 8.29. The SMILES string of the molecule is CC[C@H](C(=O)NC1CCCCC1)N(Cc1ccccc1Cl)C(=O)CN(c1ccc(OC)c(OC)c1)S(=O)(=O)c1ccc(C)cc1. The summed E-state index contributed by atoms with van der Waals surface area (Å²) in [6, 6.07) is 17.4. The number of sulfonamides is 1. The van der Waals surface area contributed by atoms with Crippen LogP contribution in [0, 0.1) is 6.92 Å². The molecule has 0 heterocycles. The number of rotatable bonds is 13. The molecular weight excluding hydrogens is 614 g/mol. The van der Waals surface area contributed by atoms with Gasteiger partial charge in [0, 0.05) is 23.7 Å². The summed E-state index contributed by atoms with van der Waals surface area (Å²) in [5.41, 5.74) is 1.75. The van der Waals surface area contributed by atoms with Gasteiger partial charge in [0.05, 0.1) is 24.8 Å². The van der Waals surface area contributed by atoms with E-state index >= 15 is 0 Å². The summed E-state index contributed by atoms with van der Waals surface area (Å²) in [6.45, 7) is 3.16. The van der Waals surface area contributed by atoms with Gasteiger partial charge in [-0.3, -0.25) is 13.9 Å². The number of carbonyl (C=O) groups is 2. The summed E-state index contributed by atoms with van der Waals surface area (Å²) >= 11 is 6.51. The molecule has 3 aromatic rings. The molecule has 0 saturated heterocycles. The minimum atomic E-state index is -4.24. The van der Waals surface area contributed by atoms with Gasteiger partial charge in [-0.05, 0) is 62.1 Å². The maximum absolute atomic E-state index is 14.4. The minimum absolute atomic E-state index is 0.0235. The number of methoxy groups -OCH3 is 2. The molecule has 242 valence electrons. The second-order valence-electron chi connectivity index (χ2n) is 11.2. The monoisotopic (exact) mass is 655 g/mol. The lowest BCUT2D eigenvalue weighted by Crippen LogP contribution is -2.54. The van der Waals surface area contributed by atoms with Crippen molar-refractivity contribution < 1.29 is 27.5 Å². The second-order valence-corrected chi connectivity index (χ2v) is 13.5. The van der Waals surface area contributed by atoms with E-state index in [1.54, 1.807) is 42.5 Å². The lowest BCUT2D eigenvalue weighted by Gasteiger charge is -2.34. The van der Waals surface area contributed by atoms with Crippen molar-refractivity contribution in [2.45, 2.75) is 75.9 Å². The Morgan fingerprint density at radius 3 is 2.24 bits per heavy atom. The molecule has 0 aromatic heterocycles. The minimum Gasteiger partial charge on any atom is -0.493 e. The van der Waals surface area contributed by atoms with Gasteiger partial charge in [0.1, 0.15) is 12.6 Å². The van der Waals surface area contributed by atoms with Crippen molar-refractivity contribution in [3.8, 4) is 11.5 Å². The molecule has 2 amide bonds. The fourth-order valence-electron chi connectivity index (χ4n) is 5.62. The van der Waals surface area contributed by atoms with Crippen LogP contribution in [0.15, 0.2) is 71.6 Å². The highest BCUT2D eigenvalue weighted by Gasteiger charge is 2.35. The summed E-state index contributed by atoms with van der Waals surface area (Å²) in [5, 5.41) is 3.60. The van der Waals surface area contributed by atoms with Gasteiger partial charge < -0.3 is 19.7 Å². The van der Waals surface area contributed by atoms with Crippen molar-refractivity contribution >= 4 is 39.1 Å². The van der Waals surface area contributed by atoms with Crippen LogP contribution in [0.2, 0.25) is 5.02 Å². The van der Waals surface area contributed by atoms with E-state index in [4.69, 9.17) is 21.1 Å². The molecule has 0 spiro atoms. The number of anilines is 1. The largest absolute Gasteiger partial charge is 0.493 e. The summed E-state index contributed by atoms with van der Waals surface area (Å²) in [5.74, 6) is -0.0984. The van der Waals surface area contributed by atoms with Crippen molar-refractivity contribution in [2.75, 3.05) is 25.1 Å². The van der Waals surface area contributed by atoms with Gasteiger partial charge in [-0.15, -0.1) is 0 Å². The van der Waals surface area contributed by atoms with Gasteiger partial charge >= 0.3 is 0 Å². The summed E-state index contributed by atoms with van der Waals surface area (Å²) in [6.07, 6.45) is 5.34. The molecule has 1 atom stereocenters. The normalized spacial score (nSPS) is 14.3. The zero-order chi connectivity index (χ0) is 32.6. The number of nitrogens with one attached hydrogen (secondary N) is 1. The molecule has 45 heavy (non-hydrogen) atoms. The molecule has 9 nitrogen and oxygen atoms in total. The Morgan fingerprint density at radius 1 is 0.956 bits per heavy atom. The van der Waals surface area contributed by atoms with Gasteiger partial charge in [0.2, 0.25) is 11.8 Å². The zero-order valence-electron chi connectivity index (χ0n) is 26.3. The van der Waals surface area contributed by atoms with E-state index in [1.807, 2.05) is 19.9 Å². The Labute approximate surface area is 271 Å². The van der Waals surface area contributed by atoms with Crippen LogP contribution in [-0.4, -0.2) is 58.0 Å². The van der Waals surface area contributed by atoms with Crippen LogP contribution in [0.25, 0.3) is 0 Å². The lowest BCUT2D eigenvalue weighted by atomic mass is 9.95. The first kappa shape index (κ1) is 34.1. The van der Waals surface area contributed by atoms with E-state index in [9.17, 15) is 18.0 Å². The molecule has 1 aliphatic carbocycles. The third-order valence-corrected chi connectivity index (χ3v) is 10.3. The number of nitrogens with zero attached hydrogens (tertiary/aromatic N) is 2. The van der Waals surface area contributed by atoms with E-state index in [0.29, 0.717) is 28.5 Å². The van der Waals surface area contributed by atoms with Crippen LogP contribution in [-0.2, 0) is 26.2 Å². The molecule has 3 aromatic carbocycles. The number of aryl methyl sites for hydroxylation is 1. The van der Waals surface area contributed by atoms with E-state index in [1.165, 1.54) is 37.3 Å². The van der Waals surface area contributed by atoms with Crippen LogP contribution >= 0.6 is 11.6 Å². The highest BCUT2D eigenvalue weighted by atomic mass is 35.5. The first-order valence-corrected chi connectivity index (χ1v) is 17.1. The zero-order valence-corrected chi connectivity index (χ0v) is 27.9. The van der Waals surface area contributed by atoms with Gasteiger partial charge in [0.15, 0.2) is 11.5 Å². The molecule has 1 aliphatic rings. The second kappa shape index (κ2) is 15.5. The molecule has 0 unspecified atom stereocenters. The molecule has 1 N–H and O–H groups in total. The highest BCUT2D eigenvalue weighted by molar-refractivity contribution is 7.92. The topological polar surface area (TPSA) is 105 Å². The molecule has 0 aliphatic heterocycles. The van der Waals surface area contributed by atoms with E-state index < -0.39 is 28.5 Å². The van der Waals surface area contributed by atoms with Crippen LogP contribution in [0.5, 0.6) is 11.5 Å². The van der Waals surface area contributed by atoms with Gasteiger partial charge in [-0.25, -0.2) is 8.42 Å². The smallest absolute Gasteiger partial charge is 0.264 e. The lowest BCUT2D eigenvalue weighted by molar-refractivity contribution is -0.140. The van der Waals surface area contributed by atoms with Crippen molar-refractivity contribution in [3.05, 3.63) is 82.9 Å². The van der Waals surface area contributed by atoms with E-state index in [0.717, 1.165) is 42.0 Å². The standard InChI is InChI=1S/C34H42ClN3O6S/c1-5-30(34(40)36-26-12-7-6-8-13-26)37(22-25-11-9-10-14-29(25)35)33(39)23-38(27-17-20-31(43-3)32(21-27)44-4)45(41,42)28-18-15-24(2)16-19-28/h9-11,14-21,26,30H,5-8,12-13,22-23H2,1-4H3,(H,36,40)/t30-/m1/s1. The fraction of sp³-hybridized carbons (Fsp3) is 0.412. The predicted octanol–water partition coefficient (Wildman–Crippen LogP) is 6.12. The Hall–Kier alpha value is -3.76. The number of ether oxygens (including phenoxy) is 2. The number of benzene rings is 3. The van der Waals surface area contributed by atoms with Gasteiger partial charge in [0.25, 0.3) is 10.0 Å². The number of amides is 2. The van der Waals surface area contributed by atoms with Crippen molar-refractivity contribution in [3.63, 3.8) is 0 Å². The Kier molecular flexibility index (Phi) is 11.7. The van der Waals surface area contributed by atoms with E-state index in [2.05, 4.69) is 5.32 Å². The fourth-order valence-corrected chi connectivity index (χ4v) is 7.22. The van der Waals surface area contributed by atoms with Crippen LogP contribution < -0.4 is 19.1 Å². The average Bonchev–Trinajstić information content (AvgIpc) is 3.04. The molecule has 0 bridgehead atoms. The Bertz CT molecular complexity index is 1570. The molecule has 11 heteroatoms. The maximum Gasteiger partial charge on any atom is 0.264 e. The van der Waals surface area contributed by atoms with Crippen molar-refractivity contribution in [1.82, 2.24) is 10.2 Å². The number of hydrogen-bond acceptors (Lipinski definition) is 6. The van der Waals surface area contributed by atoms with Crippen molar-refractivity contribution in [2.24, 2.45) is 0 Å². The molecule has 1 saturated carbocycles. The van der Waals surface area contributed by atoms with Crippen LogP contribution in [0.3, 0.4) is 0 Å². The molecular formula is C34H42ClN3O6S. The quantitative estimate of drug-likeness (QED) is 0.238. The summed E-state index contributed by atoms with van der Waals surface area (Å²) in [4.78, 5) is 29.6. The van der Waals surface area contributed by atoms with E-state index in [-0.39, 0.29) is 29.1 Å². The molecule has 1 fully saturated rings. The maximum atomic E-state index is 14.4. The third-order valence-electron chi connectivity index (χ3n) is 8.18. The molecule has 0 radical (unpaired) electrons. The van der Waals surface area contributed by atoms with Crippen molar-refractivity contribution in [1.29, 1.82) is 0 Å². The highest BCUT2D eigenvalue weighted by Crippen LogP contribution is 2.34. The van der Waals surface area contributed by atoms with Gasteiger partial charge in [-0.2, -0.15) is 0 Å². The summed E-state index contributed by atoms with van der Waals surface area (Å²) < 4.78 is 40.2. The first-order valence-electron chi connectivity index (χ1n) is 15.2. The predicted molar refractivity (Wildman–Crippen MR) is 176 cm³/mol.